The molecule has 3 aromatic heterocycles. The third-order valence-electron chi connectivity index (χ3n) is 11.2. The van der Waals surface area contributed by atoms with Crippen molar-refractivity contribution in [1.29, 1.82) is 0 Å². The summed E-state index contributed by atoms with van der Waals surface area (Å²) in [6.45, 7) is 0. The van der Waals surface area contributed by atoms with Crippen LogP contribution in [0.1, 0.15) is 9.60 Å². The summed E-state index contributed by atoms with van der Waals surface area (Å²) in [5, 5.41) is 4.17. The highest BCUT2D eigenvalue weighted by molar-refractivity contribution is 6.18. The van der Waals surface area contributed by atoms with Gasteiger partial charge >= 0.3 is 0 Å². The smallest absolute Gasteiger partial charge is 0.159 e. The topological polar surface area (TPSA) is 23.0 Å². The lowest BCUT2D eigenvalue weighted by Crippen LogP contribution is -1.97. The molecular weight excluding hydrogens is 693 g/mol. The Labute approximate surface area is 338 Å². The number of hydrogen-bond acceptors (Lipinski definition) is 1. The van der Waals surface area contributed by atoms with Crippen LogP contribution in [0.25, 0.3) is 110 Å². The molecule has 12 rings (SSSR count). The molecule has 0 amide bonds. The van der Waals surface area contributed by atoms with Crippen molar-refractivity contribution < 1.29 is 14.0 Å². The van der Waals surface area contributed by atoms with Crippen LogP contribution in [-0.4, -0.2) is 9.13 Å². The molecule has 0 unspecified atom stereocenters. The molecule has 0 atom stereocenters. The number of aromatic nitrogens is 2. The van der Waals surface area contributed by atoms with E-state index in [0.29, 0.717) is 11.3 Å². The molecule has 0 bridgehead atoms. The second-order valence-corrected chi connectivity index (χ2v) is 14.3. The minimum absolute atomic E-state index is 0.0969. The Morgan fingerprint density at radius 2 is 1.05 bits per heavy atom. The van der Waals surface area contributed by atoms with Gasteiger partial charge in [0, 0.05) is 37.9 Å². The SMILES string of the molecule is [2H]c1c([2H])c([2H])c2c(c1[2H])c1c([2H])c(-c3ccc4c(c3)c3c(-c5ccccc5)cccc3n4-c3cccc4c3oc3ccccc34)c([2H])c([2H])c1n2-c1ccccc1-c1ccccc1. The third-order valence-corrected chi connectivity index (χ3v) is 11.2. The second kappa shape index (κ2) is 12.5. The maximum Gasteiger partial charge on any atom is 0.159 e. The lowest BCUT2D eigenvalue weighted by Gasteiger charge is -2.14. The van der Waals surface area contributed by atoms with Crippen molar-refractivity contribution in [2.75, 3.05) is 0 Å². The molecule has 3 heterocycles. The monoisotopic (exact) mass is 733 g/mol. The first-order valence-electron chi connectivity index (χ1n) is 22.5. The normalized spacial score (nSPS) is 13.6. The fraction of sp³-hybridized carbons (Fsp3) is 0. The molecule has 12 aromatic rings. The van der Waals surface area contributed by atoms with Gasteiger partial charge in [0.25, 0.3) is 0 Å². The van der Waals surface area contributed by atoms with E-state index < -0.39 is 12.1 Å². The van der Waals surface area contributed by atoms with E-state index in [2.05, 4.69) is 53.1 Å². The van der Waals surface area contributed by atoms with E-state index >= 15 is 0 Å². The van der Waals surface area contributed by atoms with Crippen LogP contribution in [0.15, 0.2) is 211 Å². The van der Waals surface area contributed by atoms with Crippen LogP contribution >= 0.6 is 0 Å². The fourth-order valence-corrected chi connectivity index (χ4v) is 8.68. The summed E-state index contributed by atoms with van der Waals surface area (Å²) in [4.78, 5) is 0. The summed E-state index contributed by atoms with van der Waals surface area (Å²) in [7, 11) is 0. The number of furan rings is 1. The Balaban J connectivity index is 1.19. The standard InChI is InChI=1S/C54H34N2O/c1-3-15-35(16-4-1)39-19-7-10-24-46(39)55-47-25-11-8-20-41(47)44-33-37(29-31-48(44)55)38-30-32-49-45(34-38)53-40(36-17-5-2-6-18-36)22-13-26-50(53)56(49)51-27-14-23-43-42-21-9-12-28-52(42)57-54(43)51/h1-34H/i8D,11D,20D,25D,29D,31D,33D. The van der Waals surface area contributed by atoms with E-state index in [1.807, 2.05) is 115 Å². The van der Waals surface area contributed by atoms with E-state index in [4.69, 9.17) is 7.16 Å². The average molecular weight is 734 g/mol. The Kier molecular flexibility index (Phi) is 5.56. The number of hydrogen-bond donors (Lipinski definition) is 0. The highest BCUT2D eigenvalue weighted by atomic mass is 16.3. The van der Waals surface area contributed by atoms with Gasteiger partial charge < -0.3 is 13.6 Å². The predicted octanol–water partition coefficient (Wildman–Crippen LogP) is 14.8. The van der Waals surface area contributed by atoms with Gasteiger partial charge in [0.15, 0.2) is 5.58 Å². The molecule has 266 valence electrons. The number of fused-ring (bicyclic) bond motifs is 9. The summed E-state index contributed by atoms with van der Waals surface area (Å²) >= 11 is 0. The Bertz CT molecular complexity index is 3930. The van der Waals surface area contributed by atoms with Crippen molar-refractivity contribution in [3.63, 3.8) is 0 Å². The van der Waals surface area contributed by atoms with E-state index in [1.54, 1.807) is 4.57 Å². The lowest BCUT2D eigenvalue weighted by atomic mass is 9.97. The van der Waals surface area contributed by atoms with Gasteiger partial charge in [-0.2, -0.15) is 0 Å². The Morgan fingerprint density at radius 1 is 0.386 bits per heavy atom. The van der Waals surface area contributed by atoms with E-state index in [0.717, 1.165) is 71.7 Å². The molecule has 0 saturated carbocycles. The Morgan fingerprint density at radius 3 is 1.93 bits per heavy atom. The minimum atomic E-state index is -0.433. The average Bonchev–Trinajstić information content (AvgIpc) is 4.01. The van der Waals surface area contributed by atoms with E-state index in [9.17, 15) is 6.85 Å². The number of benzene rings is 9. The summed E-state index contributed by atoms with van der Waals surface area (Å²) in [5.41, 5.74) is 9.50. The van der Waals surface area contributed by atoms with Crippen molar-refractivity contribution in [1.82, 2.24) is 9.13 Å². The van der Waals surface area contributed by atoms with Crippen LogP contribution in [0.5, 0.6) is 0 Å². The molecule has 0 N–H and O–H groups in total. The zero-order chi connectivity index (χ0) is 43.5. The highest BCUT2D eigenvalue weighted by Crippen LogP contribution is 2.44. The van der Waals surface area contributed by atoms with E-state index in [-0.39, 0.29) is 57.6 Å². The fourth-order valence-electron chi connectivity index (χ4n) is 8.68. The van der Waals surface area contributed by atoms with Crippen molar-refractivity contribution in [3.8, 4) is 44.8 Å². The maximum atomic E-state index is 10.0. The van der Waals surface area contributed by atoms with Gasteiger partial charge in [-0.3, -0.25) is 0 Å². The van der Waals surface area contributed by atoms with Gasteiger partial charge in [0.2, 0.25) is 0 Å². The predicted molar refractivity (Wildman–Crippen MR) is 239 cm³/mol. The molecule has 0 fully saturated rings. The third kappa shape index (κ3) is 4.79. The first kappa shape index (κ1) is 25.5. The van der Waals surface area contributed by atoms with Crippen molar-refractivity contribution in [2.45, 2.75) is 0 Å². The number of nitrogens with zero attached hydrogens (tertiary/aromatic N) is 2. The molecule has 0 saturated heterocycles. The number of rotatable bonds is 5. The molecule has 57 heavy (non-hydrogen) atoms. The zero-order valence-electron chi connectivity index (χ0n) is 37.4. The Hall–Kier alpha value is -7.62. The summed E-state index contributed by atoms with van der Waals surface area (Å²) < 4.78 is 76.0. The van der Waals surface area contributed by atoms with Gasteiger partial charge in [0.05, 0.1) is 43.0 Å². The second-order valence-electron chi connectivity index (χ2n) is 14.3. The summed E-state index contributed by atoms with van der Waals surface area (Å²) in [5.74, 6) is 0. The van der Waals surface area contributed by atoms with Crippen molar-refractivity contribution >= 4 is 65.6 Å². The first-order chi connectivity index (χ1) is 31.2. The summed E-state index contributed by atoms with van der Waals surface area (Å²) in [6, 6.07) is 51.8. The van der Waals surface area contributed by atoms with Crippen LogP contribution in [0.2, 0.25) is 0 Å². The molecule has 9 aromatic carbocycles. The van der Waals surface area contributed by atoms with Crippen LogP contribution in [0, 0.1) is 0 Å². The molecular formula is C54H34N2O. The summed E-state index contributed by atoms with van der Waals surface area (Å²) in [6.07, 6.45) is 0. The zero-order valence-corrected chi connectivity index (χ0v) is 30.4. The molecule has 0 aliphatic heterocycles. The van der Waals surface area contributed by atoms with Crippen LogP contribution in [-0.2, 0) is 0 Å². The quantitative estimate of drug-likeness (QED) is 0.173. The van der Waals surface area contributed by atoms with Gasteiger partial charge in [-0.25, -0.2) is 0 Å². The first-order valence-corrected chi connectivity index (χ1v) is 19.0. The largest absolute Gasteiger partial charge is 0.454 e. The lowest BCUT2D eigenvalue weighted by molar-refractivity contribution is 0.666. The van der Waals surface area contributed by atoms with Crippen LogP contribution in [0.4, 0.5) is 0 Å². The molecule has 0 radical (unpaired) electrons. The van der Waals surface area contributed by atoms with Gasteiger partial charge in [-0.1, -0.05) is 152 Å². The van der Waals surface area contributed by atoms with Crippen molar-refractivity contribution in [2.24, 2.45) is 0 Å². The van der Waals surface area contributed by atoms with Gasteiger partial charge in [-0.05, 0) is 82.3 Å². The van der Waals surface area contributed by atoms with Crippen LogP contribution in [0.3, 0.4) is 0 Å². The van der Waals surface area contributed by atoms with Crippen LogP contribution < -0.4 is 0 Å². The molecule has 3 heteroatoms. The maximum absolute atomic E-state index is 10.0. The molecule has 3 nitrogen and oxygen atoms in total. The van der Waals surface area contributed by atoms with Gasteiger partial charge in [-0.15, -0.1) is 0 Å². The number of para-hydroxylation sites is 4. The van der Waals surface area contributed by atoms with E-state index in [1.165, 1.54) is 0 Å². The van der Waals surface area contributed by atoms with Crippen molar-refractivity contribution in [3.05, 3.63) is 206 Å². The highest BCUT2D eigenvalue weighted by Gasteiger charge is 2.21. The molecule has 0 spiro atoms. The molecule has 0 aliphatic carbocycles. The minimum Gasteiger partial charge on any atom is -0.454 e. The molecule has 0 aliphatic rings. The van der Waals surface area contributed by atoms with Gasteiger partial charge in [0.1, 0.15) is 5.58 Å².